The smallest absolute Gasteiger partial charge is 0.330 e. The number of hydrogen-bond acceptors (Lipinski definition) is 7. The van der Waals surface area contributed by atoms with Crippen LogP contribution in [0.5, 0.6) is 0 Å². The number of amides is 5. The van der Waals surface area contributed by atoms with Gasteiger partial charge in [-0.1, -0.05) is 81.1 Å². The molecule has 13 nitrogen and oxygen atoms in total. The van der Waals surface area contributed by atoms with Gasteiger partial charge >= 0.3 is 5.97 Å². The second-order valence-corrected chi connectivity index (χ2v) is 13.7. The quantitative estimate of drug-likeness (QED) is 0.105. The Morgan fingerprint density at radius 2 is 1.48 bits per heavy atom. The molecule has 5 amide bonds. The van der Waals surface area contributed by atoms with Crippen molar-refractivity contribution >= 4 is 49.0 Å². The van der Waals surface area contributed by atoms with Crippen molar-refractivity contribution in [3.05, 3.63) is 70.8 Å². The van der Waals surface area contributed by atoms with Crippen LogP contribution in [-0.2, 0) is 48.0 Å². The van der Waals surface area contributed by atoms with Gasteiger partial charge in [-0.2, -0.15) is 0 Å². The Morgan fingerprint density at radius 1 is 0.788 bits per heavy atom. The monoisotopic (exact) mass is 715 g/mol. The van der Waals surface area contributed by atoms with Crippen molar-refractivity contribution in [2.24, 2.45) is 5.92 Å². The van der Waals surface area contributed by atoms with E-state index in [2.05, 4.69) is 32.7 Å². The van der Waals surface area contributed by atoms with E-state index in [-0.39, 0.29) is 24.6 Å². The summed E-state index contributed by atoms with van der Waals surface area (Å²) in [7, 11) is 1.35. The summed E-state index contributed by atoms with van der Waals surface area (Å²) in [5.74, 6) is -5.81. The third-order valence-corrected chi connectivity index (χ3v) is 9.84. The summed E-state index contributed by atoms with van der Waals surface area (Å²) in [5.41, 5.74) is 3.58. The van der Waals surface area contributed by atoms with Crippen LogP contribution in [0.25, 0.3) is 0 Å². The lowest BCUT2D eigenvalue weighted by atomic mass is 9.82. The normalized spacial score (nSPS) is 16.5. The van der Waals surface area contributed by atoms with Gasteiger partial charge in [0.1, 0.15) is 12.1 Å². The first-order chi connectivity index (χ1) is 25.0. The Hall–Kier alpha value is -5.01. The molecule has 52 heavy (non-hydrogen) atoms. The molecule has 6 N–H and O–H groups in total. The highest BCUT2D eigenvalue weighted by atomic mass is 16.4. The number of Topliss-reactive ketones (excluding diaryl/α,β-unsaturated/α-hetero) is 1. The molecule has 0 bridgehead atoms. The Labute approximate surface area is 305 Å². The maximum atomic E-state index is 14.1. The fourth-order valence-electron chi connectivity index (χ4n) is 7.21. The van der Waals surface area contributed by atoms with Crippen LogP contribution in [0.3, 0.4) is 0 Å². The molecular weight excluding hydrogens is 665 g/mol. The van der Waals surface area contributed by atoms with E-state index in [0.717, 1.165) is 68.9 Å². The summed E-state index contributed by atoms with van der Waals surface area (Å²) in [6.07, 6.45) is 8.97. The van der Waals surface area contributed by atoms with E-state index < -0.39 is 66.1 Å². The van der Waals surface area contributed by atoms with Gasteiger partial charge in [-0.15, -0.1) is 0 Å². The topological polar surface area (TPSA) is 200 Å². The molecule has 278 valence electrons. The molecule has 1 saturated carbocycles. The summed E-state index contributed by atoms with van der Waals surface area (Å²) < 4.78 is 0. The first-order valence-corrected chi connectivity index (χ1v) is 18.3. The van der Waals surface area contributed by atoms with Crippen molar-refractivity contribution in [1.82, 2.24) is 26.6 Å². The van der Waals surface area contributed by atoms with Gasteiger partial charge in [0.15, 0.2) is 11.8 Å². The summed E-state index contributed by atoms with van der Waals surface area (Å²) in [5, 5.41) is 22.6. The van der Waals surface area contributed by atoms with Crippen molar-refractivity contribution < 1.29 is 38.7 Å². The molecule has 0 heterocycles. The molecule has 4 rings (SSSR count). The number of fused-ring (bicyclic) bond motifs is 1. The van der Waals surface area contributed by atoms with Crippen LogP contribution < -0.4 is 26.6 Å². The number of ketones is 1. The molecular formula is C38H50BN5O8. The maximum Gasteiger partial charge on any atom is 0.330 e. The molecule has 0 radical (unpaired) electrons. The van der Waals surface area contributed by atoms with Gasteiger partial charge in [0, 0.05) is 6.42 Å². The summed E-state index contributed by atoms with van der Waals surface area (Å²) in [4.78, 5) is 90.8. The number of aryl methyl sites for hydroxylation is 1. The molecule has 0 aliphatic heterocycles. The molecule has 2 aromatic carbocycles. The molecule has 2 aliphatic rings. The van der Waals surface area contributed by atoms with Crippen LogP contribution in [0, 0.1) is 5.92 Å². The van der Waals surface area contributed by atoms with Crippen LogP contribution in [0.15, 0.2) is 48.5 Å². The lowest BCUT2D eigenvalue weighted by Gasteiger charge is -2.32. The number of carbonyl (C=O) groups is 7. The number of carbonyl (C=O) groups excluding carboxylic acids is 6. The summed E-state index contributed by atoms with van der Waals surface area (Å²) in [6.45, 7) is 1.11. The first-order valence-electron chi connectivity index (χ1n) is 18.3. The highest BCUT2D eigenvalue weighted by molar-refractivity contribution is 6.57. The minimum absolute atomic E-state index is 0.0837. The van der Waals surface area contributed by atoms with Crippen LogP contribution in [0.2, 0.25) is 0 Å². The molecule has 1 unspecified atom stereocenters. The fourth-order valence-corrected chi connectivity index (χ4v) is 7.21. The van der Waals surface area contributed by atoms with Gasteiger partial charge in [-0.05, 0) is 73.1 Å². The van der Waals surface area contributed by atoms with Gasteiger partial charge in [0.25, 0.3) is 5.91 Å². The van der Waals surface area contributed by atoms with E-state index in [4.69, 9.17) is 0 Å². The fraction of sp³-hybridized carbons (Fsp3) is 0.500. The lowest BCUT2D eigenvalue weighted by molar-refractivity contribution is -0.142. The predicted octanol–water partition coefficient (Wildman–Crippen LogP) is 1.80. The van der Waals surface area contributed by atoms with Crippen LogP contribution >= 0.6 is 0 Å². The molecule has 2 aromatic rings. The van der Waals surface area contributed by atoms with Crippen molar-refractivity contribution in [3.8, 4) is 0 Å². The van der Waals surface area contributed by atoms with Gasteiger partial charge in [-0.25, -0.2) is 4.79 Å². The van der Waals surface area contributed by atoms with E-state index in [9.17, 15) is 38.7 Å². The Kier molecular flexibility index (Phi) is 15.0. The number of carboxylic acid groups (broad SMARTS) is 1. The number of carboxylic acids is 1. The van der Waals surface area contributed by atoms with Crippen molar-refractivity contribution in [2.75, 3.05) is 6.54 Å². The number of rotatable bonds is 17. The summed E-state index contributed by atoms with van der Waals surface area (Å²) in [6, 6.07) is 9.40. The molecule has 0 saturated heterocycles. The van der Waals surface area contributed by atoms with Crippen LogP contribution in [0.1, 0.15) is 93.0 Å². The van der Waals surface area contributed by atoms with Crippen LogP contribution in [0.4, 0.5) is 4.79 Å². The molecule has 2 aliphatic carbocycles. The Bertz CT molecular complexity index is 1610. The van der Waals surface area contributed by atoms with Crippen LogP contribution in [-0.4, -0.2) is 78.8 Å². The average molecular weight is 716 g/mol. The molecule has 0 aromatic heterocycles. The molecule has 0 spiro atoms. The minimum Gasteiger partial charge on any atom is -0.479 e. The van der Waals surface area contributed by atoms with E-state index in [1.807, 2.05) is 12.1 Å². The minimum atomic E-state index is -1.36. The molecule has 14 heteroatoms. The lowest BCUT2D eigenvalue weighted by Crippen LogP contribution is -2.59. The SMILES string of the molecule is BC(=O)N[C@H](C(=O)N[C@@H](Cc1cccc2c1CCCC2)C(=O)NC(CCC)C(=O)C(=O)NCC(=O)N[C@H](C(=O)O)c1ccccc1)C1CCCCC1. The van der Waals surface area contributed by atoms with E-state index in [0.29, 0.717) is 12.0 Å². The van der Waals surface area contributed by atoms with Gasteiger partial charge < -0.3 is 31.7 Å². The molecule has 1 fully saturated rings. The highest BCUT2D eigenvalue weighted by Gasteiger charge is 2.35. The standard InChI is InChI=1S/C38H50BN5O8/c1-2-12-28(33(46)36(49)40-22-30(45)43-32(37(50)51)25-16-7-4-8-17-25)41-34(47)29(21-26-19-11-18-23-13-9-10-20-27(23)26)42-35(48)31(44-38(39)52)24-14-5-3-6-15-24/h4,7-8,11,16-19,24,28-29,31-32H,2-3,5-6,9-10,12-15,20-22,39H2,1H3,(H,40,49)(H,41,47)(H,42,48)(H,43,45)(H,44,52)(H,50,51)/t28?,29-,31-,32-/m0/s1. The summed E-state index contributed by atoms with van der Waals surface area (Å²) >= 11 is 0. The number of aliphatic carboxylic acids is 1. The van der Waals surface area contributed by atoms with E-state index >= 15 is 0 Å². The van der Waals surface area contributed by atoms with Crippen molar-refractivity contribution in [1.29, 1.82) is 0 Å². The van der Waals surface area contributed by atoms with E-state index in [1.165, 1.54) is 25.5 Å². The number of hydrogen-bond donors (Lipinski definition) is 6. The number of benzene rings is 2. The zero-order valence-corrected chi connectivity index (χ0v) is 30.0. The first kappa shape index (κ1) is 39.8. The second kappa shape index (κ2) is 19.6. The van der Waals surface area contributed by atoms with E-state index in [1.54, 1.807) is 25.1 Å². The van der Waals surface area contributed by atoms with Gasteiger partial charge in [-0.3, -0.25) is 28.8 Å². The zero-order chi connectivity index (χ0) is 37.6. The second-order valence-electron chi connectivity index (χ2n) is 13.7. The zero-order valence-electron chi connectivity index (χ0n) is 30.0. The Balaban J connectivity index is 1.49. The third-order valence-electron chi connectivity index (χ3n) is 9.84. The predicted molar refractivity (Wildman–Crippen MR) is 196 cm³/mol. The third kappa shape index (κ3) is 11.2. The number of nitrogens with one attached hydrogen (secondary N) is 5. The average Bonchev–Trinajstić information content (AvgIpc) is 3.14. The maximum absolute atomic E-state index is 14.1. The van der Waals surface area contributed by atoms with Crippen molar-refractivity contribution in [2.45, 2.75) is 108 Å². The van der Waals surface area contributed by atoms with Crippen molar-refractivity contribution in [3.63, 3.8) is 0 Å². The molecule has 4 atom stereocenters. The Morgan fingerprint density at radius 3 is 2.15 bits per heavy atom. The highest BCUT2D eigenvalue weighted by Crippen LogP contribution is 2.28. The van der Waals surface area contributed by atoms with Gasteiger partial charge in [0.05, 0.1) is 12.6 Å². The van der Waals surface area contributed by atoms with Gasteiger partial charge in [0.2, 0.25) is 31.4 Å². The largest absolute Gasteiger partial charge is 0.479 e.